The molecule has 3 unspecified atom stereocenters. The number of nitrogens with two attached hydrogens (primary N) is 6. The Kier molecular flexibility index (Phi) is 27.9. The fourth-order valence-corrected chi connectivity index (χ4v) is 18.2. The van der Waals surface area contributed by atoms with Crippen LogP contribution in [-0.2, 0) is 86.5 Å². The van der Waals surface area contributed by atoms with Crippen LogP contribution in [0.1, 0.15) is 169 Å². The molecule has 7 amide bonds. The van der Waals surface area contributed by atoms with Crippen LogP contribution in [0.5, 0.6) is 0 Å². The fraction of sp³-hybridized carbons (Fsp3) is 0.616. The molecule has 18 N–H and O–H groups in total. The first-order chi connectivity index (χ1) is 50.1. The van der Waals surface area contributed by atoms with Crippen molar-refractivity contribution in [1.29, 1.82) is 5.26 Å². The second-order valence-electron chi connectivity index (χ2n) is 30.9. The van der Waals surface area contributed by atoms with E-state index in [0.29, 0.717) is 81.5 Å². The van der Waals surface area contributed by atoms with Gasteiger partial charge in [-0.15, -0.1) is 0 Å². The van der Waals surface area contributed by atoms with Crippen LogP contribution in [0, 0.1) is 71.0 Å². The number of aliphatic carboxylic acids is 1. The summed E-state index contributed by atoms with van der Waals surface area (Å²) in [5.41, 5.74) is 37.7. The van der Waals surface area contributed by atoms with E-state index in [-0.39, 0.29) is 113 Å². The summed E-state index contributed by atoms with van der Waals surface area (Å²) in [6.45, 7) is 24.7. The minimum Gasteiger partial charge on any atom is -0.756 e. The molecule has 6 aliphatic heterocycles. The first-order valence-corrected chi connectivity index (χ1v) is 37.5. The van der Waals surface area contributed by atoms with Crippen LogP contribution in [0.4, 0.5) is 0 Å². The second kappa shape index (κ2) is 34.7. The van der Waals surface area contributed by atoms with Gasteiger partial charge in [0.2, 0.25) is 41.4 Å². The van der Waals surface area contributed by atoms with Crippen molar-refractivity contribution in [2.24, 2.45) is 94.7 Å². The summed E-state index contributed by atoms with van der Waals surface area (Å²) in [7, 11) is -5.35. The number of carboxylic acid groups (broad SMARTS) is 1. The van der Waals surface area contributed by atoms with Crippen molar-refractivity contribution in [3.05, 3.63) is 88.7 Å². The molecule has 6 aliphatic rings. The van der Waals surface area contributed by atoms with Crippen LogP contribution in [-0.4, -0.2) is 161 Å². The van der Waals surface area contributed by atoms with Gasteiger partial charge in [0.15, 0.2) is 6.23 Å². The molecular formula is C73H104CoN17O16P. The van der Waals surface area contributed by atoms with Crippen molar-refractivity contribution in [2.45, 2.75) is 221 Å². The van der Waals surface area contributed by atoms with E-state index in [1.807, 2.05) is 92.0 Å². The number of aromatic nitrogens is 4. The average molecular weight is 1570 g/mol. The minimum atomic E-state index is -5.35. The summed E-state index contributed by atoms with van der Waals surface area (Å²) in [5.74, 6) is -8.30. The number of allylic oxidation sites excluding steroid dienone is 6. The van der Waals surface area contributed by atoms with E-state index in [2.05, 4.69) is 25.9 Å². The standard InChI is InChI=1S/C72H105N16O16P.CN.Co/c1-36-24-48-49(25-37(36)2)88(35-82-48)66-61(97)62(50(33-89)102-66)104-105(100,101)103-38(3)31-80-58(96)20-21-69(8)45(27-54(76)92)65-72(11)71(10,30-56(78)94)44(16-19-57(95)79-22-12-13-23-87-32-41(81-34-87)26-46(73)67(98)99)60(86-72)40(5)64-70(9,29-55(77)93)42(14-17-52(74)90)47(83-64)28-51-68(6,7)43(15-18-53(75)91)59(84-51)39(4)63(69)85-65;1-2;/h24-25,28,32,34-35,38,42-46,50,61-62,65-66,83,89,97H,12-23,26-27,29-31,33,73H2,1-11H3,(H2,74,90)(H2,75,91)(H2,76,92)(H2,77,93)(H2,78,94)(H,79,95)(H,80,96)(H,98,99)(H,100,101);;/q;-1;+2/p-1/b47-28-,59-39-,64-40-;;/t38-,42-,43-,44-,45+,46?,50+,61-,62-,65-,66?,69-,70+,71+,72+;;/m1../s1. The number of imidazole rings is 2. The number of nitrogens with zero attached hydrogens (tertiary/aromatic N) is 8. The number of nitrogens with one attached hydrogen (secondary N) is 3. The zero-order valence-electron chi connectivity index (χ0n) is 63.0. The van der Waals surface area contributed by atoms with Crippen molar-refractivity contribution >= 4 is 83.3 Å². The number of hydrogen-bond donors (Lipinski definition) is 12. The third-order valence-electron chi connectivity index (χ3n) is 23.2. The van der Waals surface area contributed by atoms with E-state index in [1.165, 1.54) is 17.8 Å². The molecule has 0 spiro atoms. The number of primary amides is 5. The molecule has 8 bridgehead atoms. The minimum absolute atomic E-state index is 0. The molecule has 108 heavy (non-hydrogen) atoms. The second-order valence-corrected chi connectivity index (χ2v) is 32.2. The fourth-order valence-electron chi connectivity index (χ4n) is 17.1. The predicted octanol–water partition coefficient (Wildman–Crippen LogP) is 2.89. The van der Waals surface area contributed by atoms with Crippen molar-refractivity contribution in [3.63, 3.8) is 0 Å². The van der Waals surface area contributed by atoms with Crippen molar-refractivity contribution in [1.82, 2.24) is 35.1 Å². The number of aliphatic hydroxyl groups excluding tert-OH is 2. The van der Waals surface area contributed by atoms with Crippen LogP contribution < -0.4 is 55.2 Å². The number of aryl methyl sites for hydroxylation is 3. The van der Waals surface area contributed by atoms with Crippen molar-refractivity contribution in [2.75, 3.05) is 19.7 Å². The molecule has 3 aromatic rings. The Bertz CT molecular complexity index is 4240. The number of carbonyl (C=O) groups is 8. The third kappa shape index (κ3) is 18.2. The first-order valence-electron chi connectivity index (χ1n) is 36.0. The number of carbonyl (C=O) groups excluding carboxylic acids is 7. The molecule has 0 aliphatic carbocycles. The maximum absolute atomic E-state index is 14.5. The number of hydrogen-bond acceptors (Lipinski definition) is 23. The Labute approximate surface area is 638 Å². The van der Waals surface area contributed by atoms with Crippen LogP contribution in [0.2, 0.25) is 0 Å². The molecule has 9 rings (SSSR count). The predicted molar refractivity (Wildman–Crippen MR) is 391 cm³/mol. The number of unbranched alkanes of at least 4 members (excludes halogenated alkanes) is 1. The van der Waals surface area contributed by atoms with Gasteiger partial charge in [-0.3, -0.25) is 57.9 Å². The summed E-state index contributed by atoms with van der Waals surface area (Å²) < 4.78 is 33.9. The summed E-state index contributed by atoms with van der Waals surface area (Å²) in [6.07, 6.45) is -0.262. The number of ether oxygens (including phenoxy) is 1. The van der Waals surface area contributed by atoms with E-state index in [9.17, 15) is 63.1 Å². The number of phosphoric acid groups is 1. The number of amides is 7. The van der Waals surface area contributed by atoms with E-state index >= 15 is 0 Å². The molecule has 16 atom stereocenters. The third-order valence-corrected chi connectivity index (χ3v) is 24.3. The SMILES string of the molecule is C/C1=C2N=C(/C=C3\N/C(=C(/C)C4=N[C@@](C)([C@@H]5N=C1[C@](C)(CCC(=O)NC[C@@H](C)OP(=O)([O-])O[C@@H]1[C@H](CO)OC(n6cnc7cc(C)c(C)cc76)[C@@H]1O)[C@H]5CC(N)=O)[C@@](C)(CC(N)=O)[C@@H]4CCC(=O)NCCCCn1cnc(CC(N)C(=O)O)c1)[C@@](C)(CC(N)=O)[C@@H]3CCC(N)=O)C(C)(C)[C@@H]/2CCC(N)=O.[C-]#N.[Co+2]. The van der Waals surface area contributed by atoms with Gasteiger partial charge >= 0.3 is 22.7 Å². The van der Waals surface area contributed by atoms with Gasteiger partial charge in [-0.25, -0.2) is 9.97 Å². The zero-order chi connectivity index (χ0) is 79.4. The molecule has 33 nitrogen and oxygen atoms in total. The average Bonchev–Trinajstić information content (AvgIpc) is 1.30. The Hall–Kier alpha value is -8.36. The molecule has 35 heteroatoms. The monoisotopic (exact) mass is 1560 g/mol. The van der Waals surface area contributed by atoms with Crippen LogP contribution in [0.25, 0.3) is 11.0 Å². The molecule has 0 saturated carbocycles. The van der Waals surface area contributed by atoms with E-state index in [1.54, 1.807) is 12.5 Å². The van der Waals surface area contributed by atoms with Gasteiger partial charge in [-0.2, -0.15) is 0 Å². The number of phosphoric ester groups is 1. The van der Waals surface area contributed by atoms with Crippen molar-refractivity contribution in [3.8, 4) is 0 Å². The maximum Gasteiger partial charge on any atom is 2.00 e. The van der Waals surface area contributed by atoms with E-state index in [0.717, 1.165) is 11.1 Å². The molecule has 2 saturated heterocycles. The molecular weight excluding hydrogens is 1460 g/mol. The summed E-state index contributed by atoms with van der Waals surface area (Å²) in [6, 6.07) is 1.52. The Morgan fingerprint density at radius 3 is 2.06 bits per heavy atom. The van der Waals surface area contributed by atoms with Gasteiger partial charge in [0.25, 0.3) is 7.82 Å². The number of benzene rings is 1. The summed E-state index contributed by atoms with van der Waals surface area (Å²) in [4.78, 5) is 147. The molecule has 2 aromatic heterocycles. The van der Waals surface area contributed by atoms with Crippen LogP contribution in [0.15, 0.2) is 80.3 Å². The molecule has 1 radical (unpaired) electrons. The van der Waals surface area contributed by atoms with Crippen LogP contribution >= 0.6 is 7.82 Å². The quantitative estimate of drug-likeness (QED) is 0.0232. The number of carboxylic acids is 1. The van der Waals surface area contributed by atoms with Gasteiger partial charge in [0, 0.05) is 157 Å². The van der Waals surface area contributed by atoms with E-state index < -0.39 is 149 Å². The number of aliphatic hydroxyl groups is 2. The molecule has 8 heterocycles. The number of aliphatic imine (C=N–C) groups is 3. The van der Waals surface area contributed by atoms with Gasteiger partial charge < -0.3 is 105 Å². The van der Waals surface area contributed by atoms with Gasteiger partial charge in [0.1, 0.15) is 24.4 Å². The topological polar surface area (TPSA) is 554 Å². The van der Waals surface area contributed by atoms with Gasteiger partial charge in [-0.1, -0.05) is 34.6 Å². The Morgan fingerprint density at radius 1 is 0.815 bits per heavy atom. The number of rotatable bonds is 34. The summed E-state index contributed by atoms with van der Waals surface area (Å²) >= 11 is 0. The summed E-state index contributed by atoms with van der Waals surface area (Å²) in [5, 5.41) is 46.9. The van der Waals surface area contributed by atoms with Crippen LogP contribution in [0.3, 0.4) is 0 Å². The number of fused-ring (bicyclic) bond motifs is 7. The normalized spacial score (nSPS) is 30.4. The van der Waals surface area contributed by atoms with Gasteiger partial charge in [0.05, 0.1) is 53.7 Å². The molecule has 1 aromatic carbocycles. The first kappa shape index (κ1) is 86.9. The van der Waals surface area contributed by atoms with Crippen molar-refractivity contribution < 1.29 is 93.7 Å². The van der Waals surface area contributed by atoms with Gasteiger partial charge in [-0.05, 0) is 121 Å². The Balaban J connectivity index is 0.00000537. The molecule has 591 valence electrons. The molecule has 2 fully saturated rings. The Morgan fingerprint density at radius 2 is 1.44 bits per heavy atom. The maximum atomic E-state index is 14.5. The largest absolute Gasteiger partial charge is 2.00 e. The zero-order valence-corrected chi connectivity index (χ0v) is 64.9. The smallest absolute Gasteiger partial charge is 0.756 e. The van der Waals surface area contributed by atoms with E-state index in [4.69, 9.17) is 75.0 Å².